The summed E-state index contributed by atoms with van der Waals surface area (Å²) in [6.45, 7) is 0. The third kappa shape index (κ3) is 6.94. The van der Waals surface area contributed by atoms with Gasteiger partial charge in [-0.1, -0.05) is 0 Å². The minimum absolute atomic E-state index is 0.102. The van der Waals surface area contributed by atoms with Crippen molar-refractivity contribution < 1.29 is 28.4 Å². The molecule has 0 bridgehead atoms. The zero-order chi connectivity index (χ0) is 9.83. The van der Waals surface area contributed by atoms with Gasteiger partial charge in [0.2, 0.25) is 0 Å². The summed E-state index contributed by atoms with van der Waals surface area (Å²) in [5.41, 5.74) is 0. The fraction of sp³-hybridized carbons (Fsp3) is 1.00. The molecule has 0 saturated heterocycles. The van der Waals surface area contributed by atoms with E-state index in [2.05, 4.69) is 10.5 Å². The Kier molecular flexibility index (Phi) is 4.58. The maximum absolute atomic E-state index is 10.6. The molecule has 1 atom stereocenters. The lowest BCUT2D eigenvalue weighted by molar-refractivity contribution is 0.268. The number of nitrogens with two attached hydrogens (primary N) is 1. The SMILES string of the molecule is NOP(=O)(O)CCCP(=O)(O)O. The second-order valence-corrected chi connectivity index (χ2v) is 5.92. The fourth-order valence-electron chi connectivity index (χ4n) is 0.529. The van der Waals surface area contributed by atoms with E-state index in [0.717, 1.165) is 0 Å². The molecule has 1 unspecified atom stereocenters. The number of hydrogen-bond acceptors (Lipinski definition) is 4. The molecule has 0 aromatic rings. The van der Waals surface area contributed by atoms with Gasteiger partial charge in [0.15, 0.2) is 0 Å². The van der Waals surface area contributed by atoms with Crippen LogP contribution in [0.2, 0.25) is 0 Å². The van der Waals surface area contributed by atoms with E-state index >= 15 is 0 Å². The fourth-order valence-corrected chi connectivity index (χ4v) is 2.01. The third-order valence-electron chi connectivity index (χ3n) is 1.05. The molecule has 0 spiro atoms. The molecule has 0 aromatic heterocycles. The molecule has 7 nitrogen and oxygen atoms in total. The quantitative estimate of drug-likeness (QED) is 0.366. The molecule has 0 saturated carbocycles. The van der Waals surface area contributed by atoms with Gasteiger partial charge in [0, 0.05) is 0 Å². The lowest BCUT2D eigenvalue weighted by Gasteiger charge is -2.07. The first kappa shape index (κ1) is 12.3. The molecule has 9 heteroatoms. The molecule has 5 N–H and O–H groups in total. The van der Waals surface area contributed by atoms with E-state index in [0.29, 0.717) is 0 Å². The van der Waals surface area contributed by atoms with E-state index in [9.17, 15) is 9.13 Å². The topological polar surface area (TPSA) is 130 Å². The van der Waals surface area contributed by atoms with Gasteiger partial charge < -0.3 is 14.7 Å². The molecule has 0 fully saturated rings. The first-order valence-electron chi connectivity index (χ1n) is 3.02. The van der Waals surface area contributed by atoms with Crippen molar-refractivity contribution in [2.45, 2.75) is 6.42 Å². The van der Waals surface area contributed by atoms with Crippen molar-refractivity contribution in [1.29, 1.82) is 0 Å². The van der Waals surface area contributed by atoms with Crippen LogP contribution in [0.5, 0.6) is 0 Å². The second kappa shape index (κ2) is 4.48. The summed E-state index contributed by atoms with van der Waals surface area (Å²) in [4.78, 5) is 25.4. The van der Waals surface area contributed by atoms with Crippen LogP contribution in [0.15, 0.2) is 0 Å². The van der Waals surface area contributed by atoms with Crippen LogP contribution in [0.1, 0.15) is 6.42 Å². The molecule has 0 rings (SSSR count). The smallest absolute Gasteiger partial charge is 0.324 e. The molecule has 0 radical (unpaired) electrons. The molecule has 0 aliphatic rings. The van der Waals surface area contributed by atoms with Crippen molar-refractivity contribution >= 4 is 15.2 Å². The van der Waals surface area contributed by atoms with Gasteiger partial charge in [0.25, 0.3) is 0 Å². The van der Waals surface area contributed by atoms with Crippen LogP contribution in [0.4, 0.5) is 0 Å². The third-order valence-corrected chi connectivity index (χ3v) is 3.16. The van der Waals surface area contributed by atoms with Crippen molar-refractivity contribution in [1.82, 2.24) is 0 Å². The van der Waals surface area contributed by atoms with Crippen molar-refractivity contribution in [3.63, 3.8) is 0 Å². The highest BCUT2D eigenvalue weighted by Crippen LogP contribution is 2.43. The van der Waals surface area contributed by atoms with Crippen molar-refractivity contribution in [2.24, 2.45) is 5.90 Å². The lowest BCUT2D eigenvalue weighted by atomic mass is 10.6. The van der Waals surface area contributed by atoms with Gasteiger partial charge in [-0.25, -0.2) is 10.5 Å². The monoisotopic (exact) mass is 219 g/mol. The van der Waals surface area contributed by atoms with Gasteiger partial charge in [-0.15, -0.1) is 0 Å². The highest BCUT2D eigenvalue weighted by atomic mass is 31.2. The van der Waals surface area contributed by atoms with Gasteiger partial charge in [-0.2, -0.15) is 0 Å². The van der Waals surface area contributed by atoms with Crippen LogP contribution in [0, 0.1) is 0 Å². The zero-order valence-corrected chi connectivity index (χ0v) is 7.95. The van der Waals surface area contributed by atoms with Crippen LogP contribution in [-0.2, 0) is 13.8 Å². The largest absolute Gasteiger partial charge is 0.344 e. The Bertz CT molecular complexity index is 223. The molecule has 0 amide bonds. The minimum Gasteiger partial charge on any atom is -0.324 e. The van der Waals surface area contributed by atoms with Gasteiger partial charge in [-0.05, 0) is 6.42 Å². The first-order chi connectivity index (χ1) is 5.27. The predicted molar refractivity (Wildman–Crippen MR) is 41.5 cm³/mol. The summed E-state index contributed by atoms with van der Waals surface area (Å²) in [5, 5.41) is 0. The highest BCUT2D eigenvalue weighted by Gasteiger charge is 2.20. The lowest BCUT2D eigenvalue weighted by Crippen LogP contribution is -2.01. The first-order valence-corrected chi connectivity index (χ1v) is 6.58. The van der Waals surface area contributed by atoms with Crippen molar-refractivity contribution in [2.75, 3.05) is 12.3 Å². The van der Waals surface area contributed by atoms with E-state index in [4.69, 9.17) is 14.7 Å². The summed E-state index contributed by atoms with van der Waals surface area (Å²) in [7, 11) is -7.92. The maximum Gasteiger partial charge on any atom is 0.344 e. The Morgan fingerprint density at radius 2 is 1.67 bits per heavy atom. The van der Waals surface area contributed by atoms with Gasteiger partial charge in [0.1, 0.15) is 0 Å². The van der Waals surface area contributed by atoms with Crippen LogP contribution < -0.4 is 5.90 Å². The molecule has 0 aliphatic carbocycles. The van der Waals surface area contributed by atoms with E-state index < -0.39 is 21.4 Å². The Labute approximate surface area is 69.2 Å². The Balaban J connectivity index is 3.72. The summed E-state index contributed by atoms with van der Waals surface area (Å²) in [5.74, 6) is 4.45. The average molecular weight is 219 g/mol. The van der Waals surface area contributed by atoms with Crippen molar-refractivity contribution in [3.05, 3.63) is 0 Å². The van der Waals surface area contributed by atoms with Crippen LogP contribution >= 0.6 is 15.2 Å². The van der Waals surface area contributed by atoms with Crippen LogP contribution in [-0.4, -0.2) is 27.0 Å². The van der Waals surface area contributed by atoms with Crippen LogP contribution in [0.25, 0.3) is 0 Å². The van der Waals surface area contributed by atoms with Crippen molar-refractivity contribution in [3.8, 4) is 0 Å². The van der Waals surface area contributed by atoms with E-state index in [1.165, 1.54) is 0 Å². The van der Waals surface area contributed by atoms with Crippen LogP contribution in [0.3, 0.4) is 0 Å². The normalized spacial score (nSPS) is 17.3. The Morgan fingerprint density at radius 3 is 2.00 bits per heavy atom. The minimum atomic E-state index is -4.09. The summed E-state index contributed by atoms with van der Waals surface area (Å²) in [6, 6.07) is 0. The molecule has 0 aromatic carbocycles. The molecule has 0 aliphatic heterocycles. The molecule has 0 heterocycles. The molecule has 12 heavy (non-hydrogen) atoms. The maximum atomic E-state index is 10.6. The van der Waals surface area contributed by atoms with E-state index in [1.54, 1.807) is 0 Å². The molecular weight excluding hydrogens is 208 g/mol. The standard InChI is InChI=1S/C3H11NO6P2/c4-10-12(8,9)3-1-2-11(5,6)7/h1-4H2,(H,8,9)(H2,5,6,7). The number of hydrogen-bond donors (Lipinski definition) is 4. The Hall–Kier alpha value is 0.260. The molecule has 74 valence electrons. The zero-order valence-electron chi connectivity index (χ0n) is 6.16. The summed E-state index contributed by atoms with van der Waals surface area (Å²) in [6.07, 6.45) is -0.898. The second-order valence-electron chi connectivity index (χ2n) is 2.21. The highest BCUT2D eigenvalue weighted by molar-refractivity contribution is 7.53. The summed E-state index contributed by atoms with van der Waals surface area (Å²) >= 11 is 0. The van der Waals surface area contributed by atoms with E-state index in [-0.39, 0.29) is 12.6 Å². The predicted octanol–water partition coefficient (Wildman–Crippen LogP) is -0.370. The summed E-state index contributed by atoms with van der Waals surface area (Å²) < 4.78 is 24.6. The van der Waals surface area contributed by atoms with Gasteiger partial charge in [-0.3, -0.25) is 9.13 Å². The Morgan fingerprint density at radius 1 is 1.17 bits per heavy atom. The van der Waals surface area contributed by atoms with E-state index in [1.807, 2.05) is 0 Å². The van der Waals surface area contributed by atoms with Gasteiger partial charge >= 0.3 is 15.2 Å². The van der Waals surface area contributed by atoms with Gasteiger partial charge in [0.05, 0.1) is 12.3 Å². The average Bonchev–Trinajstić information content (AvgIpc) is 1.84. The number of rotatable bonds is 5. The molecular formula is C3H11NO6P2.